The van der Waals surface area contributed by atoms with Gasteiger partial charge in [0.15, 0.2) is 0 Å². The van der Waals surface area contributed by atoms with Crippen molar-refractivity contribution in [2.75, 3.05) is 43.4 Å². The largest absolute Gasteiger partial charge is 0.368 e. The Morgan fingerprint density at radius 1 is 1.08 bits per heavy atom. The van der Waals surface area contributed by atoms with Crippen LogP contribution in [0.1, 0.15) is 13.3 Å². The van der Waals surface area contributed by atoms with Crippen LogP contribution in [0.2, 0.25) is 0 Å². The number of sulfone groups is 1. The van der Waals surface area contributed by atoms with E-state index in [0.717, 1.165) is 5.69 Å². The van der Waals surface area contributed by atoms with Crippen LogP contribution in [0.4, 0.5) is 10.5 Å². The Bertz CT molecular complexity index is 668. The molecule has 0 aliphatic carbocycles. The number of rotatable bonds is 5. The van der Waals surface area contributed by atoms with Crippen LogP contribution in [0.15, 0.2) is 30.3 Å². The second-order valence-corrected chi connectivity index (χ2v) is 7.67. The lowest BCUT2D eigenvalue weighted by Crippen LogP contribution is -2.51. The predicted molar refractivity (Wildman–Crippen MR) is 92.7 cm³/mol. The first-order valence-electron chi connectivity index (χ1n) is 8.02. The van der Waals surface area contributed by atoms with Crippen molar-refractivity contribution in [2.24, 2.45) is 0 Å². The van der Waals surface area contributed by atoms with E-state index in [9.17, 15) is 18.0 Å². The summed E-state index contributed by atoms with van der Waals surface area (Å²) < 4.78 is 23.2. The maximum absolute atomic E-state index is 12.1. The summed E-state index contributed by atoms with van der Waals surface area (Å²) in [5.41, 5.74) is 1.11. The summed E-state index contributed by atoms with van der Waals surface area (Å²) in [6.45, 7) is 3.90. The fourth-order valence-corrected chi connectivity index (χ4v) is 3.60. The first-order valence-corrected chi connectivity index (χ1v) is 9.67. The molecule has 0 unspecified atom stereocenters. The zero-order valence-corrected chi connectivity index (χ0v) is 14.6. The number of nitrogens with zero attached hydrogens (tertiary/aromatic N) is 2. The van der Waals surface area contributed by atoms with Gasteiger partial charge in [0.1, 0.15) is 0 Å². The molecule has 0 radical (unpaired) electrons. The number of hydrogen-bond donors (Lipinski definition) is 1. The van der Waals surface area contributed by atoms with Crippen molar-refractivity contribution in [1.82, 2.24) is 10.2 Å². The van der Waals surface area contributed by atoms with Crippen LogP contribution in [-0.4, -0.2) is 62.9 Å². The Morgan fingerprint density at radius 2 is 1.71 bits per heavy atom. The molecule has 0 atom stereocenters. The Balaban J connectivity index is 1.80. The highest BCUT2D eigenvalue weighted by Crippen LogP contribution is 2.15. The number of amides is 2. The van der Waals surface area contributed by atoms with Gasteiger partial charge in [0.25, 0.3) is 0 Å². The zero-order chi connectivity index (χ0) is 17.6. The molecule has 2 amide bonds. The van der Waals surface area contributed by atoms with Crippen LogP contribution in [0.25, 0.3) is 0 Å². The zero-order valence-electron chi connectivity index (χ0n) is 13.8. The molecule has 0 aromatic heterocycles. The average Bonchev–Trinajstić information content (AvgIpc) is 2.60. The minimum atomic E-state index is -3.81. The molecule has 24 heavy (non-hydrogen) atoms. The summed E-state index contributed by atoms with van der Waals surface area (Å²) in [5.74, 6) is -0.467. The lowest BCUT2D eigenvalue weighted by Gasteiger charge is -2.36. The maximum atomic E-state index is 12.1. The normalized spacial score (nSPS) is 15.2. The van der Waals surface area contributed by atoms with Crippen LogP contribution >= 0.6 is 0 Å². The van der Waals surface area contributed by atoms with Gasteiger partial charge in [-0.2, -0.15) is 0 Å². The fourth-order valence-electron chi connectivity index (χ4n) is 2.58. The molecule has 1 heterocycles. The van der Waals surface area contributed by atoms with Crippen molar-refractivity contribution >= 4 is 26.7 Å². The van der Waals surface area contributed by atoms with Crippen LogP contribution in [-0.2, 0) is 14.6 Å². The summed E-state index contributed by atoms with van der Waals surface area (Å²) in [4.78, 5) is 27.6. The molecule has 1 aliphatic rings. The second kappa shape index (κ2) is 8.14. The second-order valence-electron chi connectivity index (χ2n) is 5.66. The van der Waals surface area contributed by atoms with Crippen LogP contribution in [0.5, 0.6) is 0 Å². The third-order valence-corrected chi connectivity index (χ3v) is 5.55. The Hall–Kier alpha value is -2.09. The quantitative estimate of drug-likeness (QED) is 0.849. The molecule has 0 saturated carbocycles. The maximum Gasteiger partial charge on any atom is 0.336 e. The van der Waals surface area contributed by atoms with Crippen LogP contribution < -0.4 is 10.2 Å². The summed E-state index contributed by atoms with van der Waals surface area (Å²) in [6.07, 6.45) is 0.366. The van der Waals surface area contributed by atoms with Crippen molar-refractivity contribution in [3.63, 3.8) is 0 Å². The molecule has 7 nitrogen and oxygen atoms in total. The summed E-state index contributed by atoms with van der Waals surface area (Å²) in [5, 5.41) is 1.15. The number of nitrogens with one attached hydrogen (secondary N) is 1. The number of benzene rings is 1. The molecule has 0 bridgehead atoms. The van der Waals surface area contributed by atoms with E-state index in [0.29, 0.717) is 32.6 Å². The Morgan fingerprint density at radius 3 is 2.29 bits per heavy atom. The average molecular weight is 353 g/mol. The summed E-state index contributed by atoms with van der Waals surface area (Å²) >= 11 is 0. The van der Waals surface area contributed by atoms with Gasteiger partial charge in [-0.25, -0.2) is 8.42 Å². The monoisotopic (exact) mass is 353 g/mol. The van der Waals surface area contributed by atoms with Crippen molar-refractivity contribution in [2.45, 2.75) is 13.3 Å². The topological polar surface area (TPSA) is 86.8 Å². The van der Waals surface area contributed by atoms with E-state index in [1.165, 1.54) is 0 Å². The van der Waals surface area contributed by atoms with E-state index >= 15 is 0 Å². The molecule has 1 saturated heterocycles. The van der Waals surface area contributed by atoms with Gasteiger partial charge in [0.2, 0.25) is 15.7 Å². The van der Waals surface area contributed by atoms with Gasteiger partial charge in [0, 0.05) is 31.9 Å². The molecule has 0 spiro atoms. The third kappa shape index (κ3) is 4.70. The smallest absolute Gasteiger partial charge is 0.336 e. The fraction of sp³-hybridized carbons (Fsp3) is 0.500. The Labute approximate surface area is 142 Å². The van der Waals surface area contributed by atoms with Crippen LogP contribution in [0, 0.1) is 0 Å². The van der Waals surface area contributed by atoms with E-state index in [-0.39, 0.29) is 18.2 Å². The van der Waals surface area contributed by atoms with Crippen molar-refractivity contribution in [3.8, 4) is 0 Å². The lowest BCUT2D eigenvalue weighted by atomic mass is 10.2. The van der Waals surface area contributed by atoms with E-state index in [1.54, 1.807) is 11.8 Å². The summed E-state index contributed by atoms with van der Waals surface area (Å²) in [6, 6.07) is 9.95. The molecular formula is C16H23N3O4S. The van der Waals surface area contributed by atoms with Gasteiger partial charge >= 0.3 is 5.24 Å². The molecule has 1 aromatic carbocycles. The molecule has 2 rings (SSSR count). The Kier molecular flexibility index (Phi) is 6.19. The molecule has 1 aliphatic heterocycles. The first-order chi connectivity index (χ1) is 11.4. The highest BCUT2D eigenvalue weighted by molar-refractivity contribution is 8.06. The number of para-hydroxylation sites is 1. The molecule has 1 aromatic rings. The third-order valence-electron chi connectivity index (χ3n) is 3.89. The number of carbonyl (C=O) groups excluding carboxylic acids is 2. The van der Waals surface area contributed by atoms with Crippen LogP contribution in [0.3, 0.4) is 0 Å². The van der Waals surface area contributed by atoms with Gasteiger partial charge in [0.05, 0.1) is 12.3 Å². The van der Waals surface area contributed by atoms with Crippen molar-refractivity contribution < 1.29 is 18.0 Å². The summed E-state index contributed by atoms with van der Waals surface area (Å²) in [7, 11) is -3.81. The van der Waals surface area contributed by atoms with Gasteiger partial charge < -0.3 is 15.1 Å². The number of carbonyl (C=O) groups is 2. The van der Waals surface area contributed by atoms with Crippen molar-refractivity contribution in [3.05, 3.63) is 30.3 Å². The van der Waals surface area contributed by atoms with E-state index in [2.05, 4.69) is 10.2 Å². The molecular weight excluding hydrogens is 330 g/mol. The van der Waals surface area contributed by atoms with Gasteiger partial charge in [-0.3, -0.25) is 9.59 Å². The molecule has 1 N–H and O–H groups in total. The van der Waals surface area contributed by atoms with Crippen molar-refractivity contribution in [1.29, 1.82) is 0 Å². The first kappa shape index (κ1) is 18.3. The SMILES string of the molecule is CCCS(=O)(=O)C(=O)NCC(=O)N1CCN(c2ccccc2)CC1. The molecule has 8 heteroatoms. The highest BCUT2D eigenvalue weighted by Gasteiger charge is 2.24. The number of hydrogen-bond acceptors (Lipinski definition) is 5. The molecule has 132 valence electrons. The highest BCUT2D eigenvalue weighted by atomic mass is 32.2. The van der Waals surface area contributed by atoms with Gasteiger partial charge in [-0.1, -0.05) is 25.1 Å². The number of piperazine rings is 1. The van der Waals surface area contributed by atoms with E-state index < -0.39 is 15.1 Å². The van der Waals surface area contributed by atoms with Gasteiger partial charge in [-0.15, -0.1) is 0 Å². The lowest BCUT2D eigenvalue weighted by molar-refractivity contribution is -0.130. The van der Waals surface area contributed by atoms with Gasteiger partial charge in [-0.05, 0) is 18.6 Å². The van der Waals surface area contributed by atoms with E-state index in [4.69, 9.17) is 0 Å². The minimum Gasteiger partial charge on any atom is -0.368 e. The van der Waals surface area contributed by atoms with E-state index in [1.807, 2.05) is 30.3 Å². The minimum absolute atomic E-state index is 0.206. The standard InChI is InChI=1S/C16H23N3O4S/c1-2-12-24(22,23)16(21)17-13-15(20)19-10-8-18(9-11-19)14-6-4-3-5-7-14/h3-7H,2,8-13H2,1H3,(H,17,21). The molecule has 1 fully saturated rings. The number of anilines is 1. The predicted octanol–water partition coefficient (Wildman–Crippen LogP) is 0.870.